The van der Waals surface area contributed by atoms with Crippen LogP contribution in [0.1, 0.15) is 0 Å². The van der Waals surface area contributed by atoms with Crippen molar-refractivity contribution in [1.82, 2.24) is 19.5 Å². The number of hydrogen-bond donors (Lipinski definition) is 0. The number of aromatic nitrogens is 4. The quantitative estimate of drug-likeness (QED) is 0.182. The Morgan fingerprint density at radius 2 is 0.792 bits per heavy atom. The Hall–Kier alpha value is -7.17. The molecule has 53 heavy (non-hydrogen) atoms. The second-order valence-corrected chi connectivity index (χ2v) is 13.6. The third kappa shape index (κ3) is 4.59. The van der Waals surface area contributed by atoms with Crippen LogP contribution in [0.2, 0.25) is 0 Å². The Morgan fingerprint density at radius 1 is 0.302 bits per heavy atom. The van der Waals surface area contributed by atoms with Crippen molar-refractivity contribution in [3.05, 3.63) is 182 Å². The molecule has 246 valence electrons. The average molecular weight is 675 g/mol. The lowest BCUT2D eigenvalue weighted by Crippen LogP contribution is -2.00. The topological polar surface area (TPSA) is 43.6 Å². The maximum Gasteiger partial charge on any atom is 0.164 e. The van der Waals surface area contributed by atoms with Crippen molar-refractivity contribution >= 4 is 32.6 Å². The summed E-state index contributed by atoms with van der Waals surface area (Å²) in [4.78, 5) is 14.9. The summed E-state index contributed by atoms with van der Waals surface area (Å²) < 4.78 is 2.42. The summed E-state index contributed by atoms with van der Waals surface area (Å²) in [6.07, 6.45) is 0. The van der Waals surface area contributed by atoms with Crippen LogP contribution in [0.3, 0.4) is 0 Å². The molecule has 11 rings (SSSR count). The van der Waals surface area contributed by atoms with Crippen LogP contribution in [0.4, 0.5) is 0 Å². The van der Waals surface area contributed by atoms with Crippen molar-refractivity contribution in [2.45, 2.75) is 0 Å². The van der Waals surface area contributed by atoms with Crippen LogP contribution < -0.4 is 0 Å². The van der Waals surface area contributed by atoms with Gasteiger partial charge < -0.3 is 4.57 Å². The maximum atomic E-state index is 4.98. The van der Waals surface area contributed by atoms with E-state index in [1.54, 1.807) is 0 Å². The fourth-order valence-corrected chi connectivity index (χ4v) is 8.26. The van der Waals surface area contributed by atoms with Crippen LogP contribution in [0, 0.1) is 0 Å². The molecule has 0 saturated carbocycles. The van der Waals surface area contributed by atoms with Gasteiger partial charge in [0.15, 0.2) is 17.5 Å². The van der Waals surface area contributed by atoms with Crippen LogP contribution in [-0.4, -0.2) is 19.5 Å². The number of fused-ring (bicyclic) bond motifs is 2. The van der Waals surface area contributed by atoms with Crippen molar-refractivity contribution in [3.8, 4) is 73.2 Å². The lowest BCUT2D eigenvalue weighted by Gasteiger charge is -2.16. The van der Waals surface area contributed by atoms with Crippen LogP contribution >= 0.6 is 0 Å². The highest BCUT2D eigenvalue weighted by Crippen LogP contribution is 2.52. The SMILES string of the molecule is c1ccc(-c2nc(-c3ccccc3)nc(-c3ccc(-n4c5cccc6c5c5c(c(-c7ccccc7)ccc54)-c4cccc5cccc-6c45)cc3)n2)cc1. The summed E-state index contributed by atoms with van der Waals surface area (Å²) in [7, 11) is 0. The van der Waals surface area contributed by atoms with Gasteiger partial charge in [-0.15, -0.1) is 0 Å². The third-order valence-corrected chi connectivity index (χ3v) is 10.6. The van der Waals surface area contributed by atoms with Gasteiger partial charge in [0.05, 0.1) is 11.0 Å². The van der Waals surface area contributed by atoms with Crippen LogP contribution in [0.5, 0.6) is 0 Å². The van der Waals surface area contributed by atoms with Crippen molar-refractivity contribution in [2.75, 3.05) is 0 Å². The summed E-state index contributed by atoms with van der Waals surface area (Å²) in [6.45, 7) is 0. The molecule has 1 aliphatic rings. The van der Waals surface area contributed by atoms with Gasteiger partial charge in [-0.05, 0) is 75.0 Å². The third-order valence-electron chi connectivity index (χ3n) is 10.6. The fourth-order valence-electron chi connectivity index (χ4n) is 8.26. The molecule has 10 aromatic rings. The molecule has 0 unspecified atom stereocenters. The molecule has 0 N–H and O–H groups in total. The lowest BCUT2D eigenvalue weighted by molar-refractivity contribution is 1.07. The number of nitrogens with zero attached hydrogens (tertiary/aromatic N) is 4. The minimum atomic E-state index is 0.641. The van der Waals surface area contributed by atoms with E-state index < -0.39 is 0 Å². The van der Waals surface area contributed by atoms with E-state index in [2.05, 4.69) is 126 Å². The van der Waals surface area contributed by atoms with Crippen molar-refractivity contribution in [3.63, 3.8) is 0 Å². The van der Waals surface area contributed by atoms with Gasteiger partial charge in [-0.25, -0.2) is 15.0 Å². The molecule has 0 amide bonds. The van der Waals surface area contributed by atoms with Gasteiger partial charge in [0.2, 0.25) is 0 Å². The van der Waals surface area contributed by atoms with E-state index in [1.807, 2.05) is 60.7 Å². The van der Waals surface area contributed by atoms with Crippen molar-refractivity contribution in [1.29, 1.82) is 0 Å². The molecule has 0 bridgehead atoms. The Morgan fingerprint density at radius 3 is 1.40 bits per heavy atom. The molecule has 0 aliphatic heterocycles. The van der Waals surface area contributed by atoms with Crippen LogP contribution in [0.15, 0.2) is 182 Å². The van der Waals surface area contributed by atoms with Crippen LogP contribution in [-0.2, 0) is 0 Å². The van der Waals surface area contributed by atoms with Gasteiger partial charge in [0, 0.05) is 38.7 Å². The molecule has 0 fully saturated rings. The van der Waals surface area contributed by atoms with Gasteiger partial charge in [-0.3, -0.25) is 0 Å². The Kier molecular flexibility index (Phi) is 6.52. The Balaban J connectivity index is 1.14. The van der Waals surface area contributed by atoms with E-state index in [9.17, 15) is 0 Å². The van der Waals surface area contributed by atoms with Gasteiger partial charge in [-0.1, -0.05) is 146 Å². The smallest absolute Gasteiger partial charge is 0.164 e. The first-order valence-corrected chi connectivity index (χ1v) is 18.0. The van der Waals surface area contributed by atoms with E-state index in [0.717, 1.165) is 22.4 Å². The molecule has 1 aliphatic carbocycles. The minimum Gasteiger partial charge on any atom is -0.309 e. The molecule has 0 spiro atoms. The summed E-state index contributed by atoms with van der Waals surface area (Å²) >= 11 is 0. The van der Waals surface area contributed by atoms with Crippen molar-refractivity contribution < 1.29 is 0 Å². The molecule has 4 heteroatoms. The highest BCUT2D eigenvalue weighted by atomic mass is 15.0. The summed E-state index contributed by atoms with van der Waals surface area (Å²) in [5.74, 6) is 1.95. The average Bonchev–Trinajstić information content (AvgIpc) is 3.52. The minimum absolute atomic E-state index is 0.641. The molecule has 0 radical (unpaired) electrons. The standard InChI is InChI=1S/C49H30N4/c1-4-13-31(14-5-1)37-29-30-42-46-44(37)40-23-11-20-32-19-10-21-38(43(32)40)39-22-12-24-41(45(39)46)53(42)36-27-25-35(26-28-36)49-51-47(33-15-6-2-7-16-33)50-48(52-49)34-17-8-3-9-18-34/h1-30H. The van der Waals surface area contributed by atoms with E-state index >= 15 is 0 Å². The van der Waals surface area contributed by atoms with Gasteiger partial charge >= 0.3 is 0 Å². The lowest BCUT2D eigenvalue weighted by atomic mass is 9.89. The zero-order chi connectivity index (χ0) is 34.9. The van der Waals surface area contributed by atoms with E-state index in [4.69, 9.17) is 15.0 Å². The zero-order valence-electron chi connectivity index (χ0n) is 28.6. The molecular formula is C49H30N4. The highest BCUT2D eigenvalue weighted by Gasteiger charge is 2.27. The number of hydrogen-bond acceptors (Lipinski definition) is 3. The first kappa shape index (κ1) is 29.5. The predicted molar refractivity (Wildman–Crippen MR) is 218 cm³/mol. The monoisotopic (exact) mass is 674 g/mol. The number of rotatable bonds is 5. The normalized spacial score (nSPS) is 11.8. The van der Waals surface area contributed by atoms with Gasteiger partial charge in [0.25, 0.3) is 0 Å². The fraction of sp³-hybridized carbons (Fsp3) is 0. The summed E-state index contributed by atoms with van der Waals surface area (Å²) in [5, 5.41) is 5.12. The largest absolute Gasteiger partial charge is 0.309 e. The molecule has 4 nitrogen and oxygen atoms in total. The van der Waals surface area contributed by atoms with Crippen molar-refractivity contribution in [2.24, 2.45) is 0 Å². The molecule has 0 atom stereocenters. The maximum absolute atomic E-state index is 4.98. The van der Waals surface area contributed by atoms with E-state index in [0.29, 0.717) is 17.5 Å². The first-order valence-electron chi connectivity index (χ1n) is 18.0. The molecule has 2 aromatic heterocycles. The molecule has 8 aromatic carbocycles. The highest BCUT2D eigenvalue weighted by molar-refractivity contribution is 6.29. The second kappa shape index (κ2) is 11.7. The molecule has 2 heterocycles. The Labute approximate surface area is 306 Å². The van der Waals surface area contributed by atoms with E-state index in [1.165, 1.54) is 66.0 Å². The summed E-state index contributed by atoms with van der Waals surface area (Å²) in [6, 6.07) is 64.5. The number of benzene rings is 8. The molecule has 0 saturated heterocycles. The Bertz CT molecular complexity index is 2960. The van der Waals surface area contributed by atoms with Gasteiger partial charge in [-0.2, -0.15) is 0 Å². The first-order chi connectivity index (χ1) is 26.3. The van der Waals surface area contributed by atoms with Crippen LogP contribution in [0.25, 0.3) is 106 Å². The van der Waals surface area contributed by atoms with E-state index in [-0.39, 0.29) is 0 Å². The van der Waals surface area contributed by atoms with Gasteiger partial charge in [0.1, 0.15) is 0 Å². The predicted octanol–water partition coefficient (Wildman–Crippen LogP) is 12.4. The summed E-state index contributed by atoms with van der Waals surface area (Å²) in [5.41, 5.74) is 13.8. The molecular weight excluding hydrogens is 645 g/mol. The zero-order valence-corrected chi connectivity index (χ0v) is 28.6. The second-order valence-electron chi connectivity index (χ2n) is 13.6.